The Kier molecular flexibility index (Phi) is 7.67. The number of rotatable bonds is 8. The van der Waals surface area contributed by atoms with Crippen LogP contribution < -0.4 is 16.6 Å². The second-order valence-corrected chi connectivity index (χ2v) is 9.48. The summed E-state index contributed by atoms with van der Waals surface area (Å²) in [5.74, 6) is -0.943. The molecule has 0 aliphatic carbocycles. The number of hydrogen-bond donors (Lipinski definition) is 2. The number of carbonyl (C=O) groups excluding carboxylic acids is 2. The molecule has 5 rings (SSSR count). The van der Waals surface area contributed by atoms with Gasteiger partial charge in [0.2, 0.25) is 11.8 Å². The molecule has 1 atom stereocenters. The molecule has 0 aliphatic rings. The SMILES string of the molecule is NC(=O)c1ccc(NC(=O)[C@H](Cc2ccccc2)n2cnc(-c3cc(Cl)ccc3-n3cc(Cl)nn3)cc2=O)nc1. The molecule has 3 heterocycles. The number of aromatic nitrogens is 6. The molecule has 0 bridgehead atoms. The molecule has 5 aromatic rings. The third-order valence-electron chi connectivity index (χ3n) is 5.99. The van der Waals surface area contributed by atoms with Gasteiger partial charge in [-0.25, -0.2) is 14.6 Å². The van der Waals surface area contributed by atoms with Crippen molar-refractivity contribution in [3.8, 4) is 16.9 Å². The van der Waals surface area contributed by atoms with E-state index in [2.05, 4.69) is 25.6 Å². The maximum absolute atomic E-state index is 13.5. The first-order chi connectivity index (χ1) is 19.3. The van der Waals surface area contributed by atoms with Crippen LogP contribution in [-0.4, -0.2) is 41.3 Å². The summed E-state index contributed by atoms with van der Waals surface area (Å²) in [4.78, 5) is 46.8. The van der Waals surface area contributed by atoms with Gasteiger partial charge in [0.25, 0.3) is 5.56 Å². The number of pyridine rings is 1. The van der Waals surface area contributed by atoms with Crippen molar-refractivity contribution in [1.29, 1.82) is 0 Å². The third-order valence-corrected chi connectivity index (χ3v) is 6.40. The van der Waals surface area contributed by atoms with Gasteiger partial charge in [-0.3, -0.25) is 19.0 Å². The van der Waals surface area contributed by atoms with Crippen LogP contribution in [0.25, 0.3) is 16.9 Å². The van der Waals surface area contributed by atoms with Gasteiger partial charge in [0.1, 0.15) is 11.9 Å². The first kappa shape index (κ1) is 26.7. The Labute approximate surface area is 237 Å². The minimum absolute atomic E-state index is 0.192. The number of benzene rings is 2. The van der Waals surface area contributed by atoms with Crippen molar-refractivity contribution in [2.24, 2.45) is 5.73 Å². The lowest BCUT2D eigenvalue weighted by atomic mass is 10.0. The van der Waals surface area contributed by atoms with E-state index in [-0.39, 0.29) is 23.0 Å². The molecular formula is C27H20Cl2N8O3. The molecule has 0 radical (unpaired) electrons. The Balaban J connectivity index is 1.51. The van der Waals surface area contributed by atoms with Gasteiger partial charge in [0, 0.05) is 29.3 Å². The largest absolute Gasteiger partial charge is 0.366 e. The van der Waals surface area contributed by atoms with Gasteiger partial charge >= 0.3 is 0 Å². The Hall–Kier alpha value is -4.87. The average molecular weight is 575 g/mol. The second kappa shape index (κ2) is 11.5. The number of amides is 2. The highest BCUT2D eigenvalue weighted by Gasteiger charge is 2.24. The summed E-state index contributed by atoms with van der Waals surface area (Å²) < 4.78 is 2.70. The number of anilines is 1. The Morgan fingerprint density at radius 2 is 1.80 bits per heavy atom. The molecule has 0 aliphatic heterocycles. The lowest BCUT2D eigenvalue weighted by Crippen LogP contribution is -2.35. The standard InChI is InChI=1S/C27H20Cl2N8O3/c28-18-7-8-21(37-14-23(29)34-35-37)19(11-18)20-12-25(38)36(15-32-20)22(10-16-4-2-1-3-5-16)27(40)33-24-9-6-17(13-31-24)26(30)39/h1-9,11-15,22H,10H2,(H2,30,39)(H,31,33,40)/t22-/m0/s1. The zero-order valence-corrected chi connectivity index (χ0v) is 22.1. The fourth-order valence-electron chi connectivity index (χ4n) is 4.04. The number of halogens is 2. The fourth-order valence-corrected chi connectivity index (χ4v) is 4.34. The van der Waals surface area contributed by atoms with E-state index in [1.807, 2.05) is 30.3 Å². The lowest BCUT2D eigenvalue weighted by Gasteiger charge is -2.20. The summed E-state index contributed by atoms with van der Waals surface area (Å²) in [5.41, 5.74) is 7.20. The number of nitrogens with one attached hydrogen (secondary N) is 1. The molecule has 0 saturated carbocycles. The van der Waals surface area contributed by atoms with Gasteiger partial charge in [-0.15, -0.1) is 5.10 Å². The van der Waals surface area contributed by atoms with Crippen LogP contribution in [0.2, 0.25) is 10.2 Å². The van der Waals surface area contributed by atoms with Crippen LogP contribution in [0, 0.1) is 0 Å². The van der Waals surface area contributed by atoms with Crippen molar-refractivity contribution in [1.82, 2.24) is 29.5 Å². The molecule has 2 amide bonds. The summed E-state index contributed by atoms with van der Waals surface area (Å²) in [7, 11) is 0. The van der Waals surface area contributed by atoms with E-state index in [1.165, 1.54) is 46.2 Å². The van der Waals surface area contributed by atoms with Crippen LogP contribution >= 0.6 is 23.2 Å². The van der Waals surface area contributed by atoms with E-state index in [0.717, 1.165) is 5.56 Å². The van der Waals surface area contributed by atoms with Crippen LogP contribution in [0.3, 0.4) is 0 Å². The molecule has 0 unspecified atom stereocenters. The van der Waals surface area contributed by atoms with Crippen LogP contribution in [-0.2, 0) is 11.2 Å². The number of carbonyl (C=O) groups is 2. The highest BCUT2D eigenvalue weighted by Crippen LogP contribution is 2.28. The summed E-state index contributed by atoms with van der Waals surface area (Å²) >= 11 is 12.2. The van der Waals surface area contributed by atoms with E-state index in [0.29, 0.717) is 22.0 Å². The molecular weight excluding hydrogens is 555 g/mol. The van der Waals surface area contributed by atoms with Gasteiger partial charge in [0.05, 0.1) is 29.5 Å². The lowest BCUT2D eigenvalue weighted by molar-refractivity contribution is -0.119. The van der Waals surface area contributed by atoms with E-state index in [1.54, 1.807) is 18.2 Å². The van der Waals surface area contributed by atoms with Gasteiger partial charge in [-0.2, -0.15) is 0 Å². The van der Waals surface area contributed by atoms with Gasteiger partial charge in [-0.1, -0.05) is 58.7 Å². The predicted octanol–water partition coefficient (Wildman–Crippen LogP) is 3.71. The monoisotopic (exact) mass is 574 g/mol. The summed E-state index contributed by atoms with van der Waals surface area (Å²) in [6.45, 7) is 0. The van der Waals surface area contributed by atoms with Crippen molar-refractivity contribution >= 4 is 40.8 Å². The third kappa shape index (κ3) is 5.90. The van der Waals surface area contributed by atoms with E-state index in [4.69, 9.17) is 28.9 Å². The minimum atomic E-state index is -0.970. The molecule has 11 nitrogen and oxygen atoms in total. The Bertz CT molecular complexity index is 1750. The molecule has 13 heteroatoms. The molecule has 3 N–H and O–H groups in total. The zero-order chi connectivity index (χ0) is 28.2. The maximum atomic E-state index is 13.5. The van der Waals surface area contributed by atoms with Crippen LogP contribution in [0.5, 0.6) is 0 Å². The molecule has 200 valence electrons. The average Bonchev–Trinajstić information content (AvgIpc) is 3.38. The van der Waals surface area contributed by atoms with Crippen LogP contribution in [0.1, 0.15) is 22.0 Å². The summed E-state index contributed by atoms with van der Waals surface area (Å²) in [6.07, 6.45) is 4.29. The van der Waals surface area contributed by atoms with Crippen molar-refractivity contribution in [2.75, 3.05) is 5.32 Å². The summed E-state index contributed by atoms with van der Waals surface area (Å²) in [5, 5.41) is 11.1. The molecule has 0 saturated heterocycles. The molecule has 3 aromatic heterocycles. The molecule has 40 heavy (non-hydrogen) atoms. The smallest absolute Gasteiger partial charge is 0.254 e. The topological polar surface area (TPSA) is 151 Å². The second-order valence-electron chi connectivity index (χ2n) is 8.66. The molecule has 2 aromatic carbocycles. The van der Waals surface area contributed by atoms with Crippen molar-refractivity contribution in [3.63, 3.8) is 0 Å². The fraction of sp³-hybridized carbons (Fsp3) is 0.0741. The molecule has 0 spiro atoms. The molecule has 0 fully saturated rings. The Morgan fingerprint density at radius 1 is 1.00 bits per heavy atom. The number of hydrogen-bond acceptors (Lipinski definition) is 7. The van der Waals surface area contributed by atoms with Crippen molar-refractivity contribution in [2.45, 2.75) is 12.5 Å². The minimum Gasteiger partial charge on any atom is -0.366 e. The summed E-state index contributed by atoms with van der Waals surface area (Å²) in [6, 6.07) is 17.5. The Morgan fingerprint density at radius 3 is 2.45 bits per heavy atom. The van der Waals surface area contributed by atoms with Gasteiger partial charge in [-0.05, 0) is 35.9 Å². The van der Waals surface area contributed by atoms with E-state index < -0.39 is 23.4 Å². The quantitative estimate of drug-likeness (QED) is 0.286. The number of primary amides is 1. The highest BCUT2D eigenvalue weighted by atomic mass is 35.5. The normalized spacial score (nSPS) is 11.7. The van der Waals surface area contributed by atoms with E-state index in [9.17, 15) is 14.4 Å². The highest BCUT2D eigenvalue weighted by molar-refractivity contribution is 6.31. The number of nitrogens with zero attached hydrogens (tertiary/aromatic N) is 6. The number of nitrogens with two attached hydrogens (primary N) is 1. The predicted molar refractivity (Wildman–Crippen MR) is 149 cm³/mol. The van der Waals surface area contributed by atoms with Gasteiger partial charge in [0.15, 0.2) is 5.15 Å². The van der Waals surface area contributed by atoms with Crippen molar-refractivity contribution < 1.29 is 9.59 Å². The van der Waals surface area contributed by atoms with Crippen LogP contribution in [0.15, 0.2) is 90.2 Å². The van der Waals surface area contributed by atoms with E-state index >= 15 is 0 Å². The first-order valence-corrected chi connectivity index (χ1v) is 12.6. The first-order valence-electron chi connectivity index (χ1n) is 11.9. The van der Waals surface area contributed by atoms with Crippen LogP contribution in [0.4, 0.5) is 5.82 Å². The van der Waals surface area contributed by atoms with Crippen molar-refractivity contribution in [3.05, 3.63) is 117 Å². The van der Waals surface area contributed by atoms with Gasteiger partial charge < -0.3 is 11.1 Å². The zero-order valence-electron chi connectivity index (χ0n) is 20.6. The maximum Gasteiger partial charge on any atom is 0.254 e.